The average molecular weight is 153 g/mol. The van der Waals surface area contributed by atoms with E-state index in [1.807, 2.05) is 0 Å². The van der Waals surface area contributed by atoms with Crippen molar-refractivity contribution in [3.8, 4) is 0 Å². The molecule has 0 aromatic rings. The van der Waals surface area contributed by atoms with E-state index < -0.39 is 12.6 Å². The van der Waals surface area contributed by atoms with Gasteiger partial charge in [0, 0.05) is 6.42 Å². The molecule has 0 saturated heterocycles. The van der Waals surface area contributed by atoms with Crippen molar-refractivity contribution >= 4 is 0 Å². The highest BCUT2D eigenvalue weighted by molar-refractivity contribution is 4.59. The maximum Gasteiger partial charge on any atom is 0.389 e. The van der Waals surface area contributed by atoms with Crippen LogP contribution < -0.4 is 0 Å². The molecule has 1 unspecified atom stereocenters. The molecule has 0 aliphatic rings. The van der Waals surface area contributed by atoms with Gasteiger partial charge in [-0.05, 0) is 5.92 Å². The number of hydrogen-bond acceptors (Lipinski definition) is 0. The molecule has 0 aliphatic carbocycles. The topological polar surface area (TPSA) is 0 Å². The predicted octanol–water partition coefficient (Wildman–Crippen LogP) is 3.19. The molecular weight excluding hydrogens is 141 g/mol. The minimum Gasteiger partial charge on any atom is -0.171 e. The van der Waals surface area contributed by atoms with Gasteiger partial charge in [0.1, 0.15) is 0 Å². The second kappa shape index (κ2) is 3.84. The third-order valence-electron chi connectivity index (χ3n) is 1.28. The van der Waals surface area contributed by atoms with E-state index in [2.05, 4.69) is 6.92 Å². The maximum atomic E-state index is 11.6. The molecule has 0 saturated carbocycles. The van der Waals surface area contributed by atoms with E-state index in [0.29, 0.717) is 12.8 Å². The summed E-state index contributed by atoms with van der Waals surface area (Å²) in [6, 6.07) is 0. The maximum absolute atomic E-state index is 11.6. The van der Waals surface area contributed by atoms with Gasteiger partial charge in [-0.1, -0.05) is 26.7 Å². The van der Waals surface area contributed by atoms with Gasteiger partial charge in [-0.3, -0.25) is 0 Å². The van der Waals surface area contributed by atoms with Crippen LogP contribution in [0.1, 0.15) is 26.2 Å². The van der Waals surface area contributed by atoms with Crippen LogP contribution in [0, 0.1) is 12.8 Å². The van der Waals surface area contributed by atoms with E-state index in [9.17, 15) is 13.2 Å². The Kier molecular flexibility index (Phi) is 3.76. The molecule has 0 spiro atoms. The quantitative estimate of drug-likeness (QED) is 0.584. The summed E-state index contributed by atoms with van der Waals surface area (Å²) in [6.07, 6.45) is -3.55. The molecule has 1 atom stereocenters. The highest BCUT2D eigenvalue weighted by Crippen LogP contribution is 2.26. The molecule has 3 heteroatoms. The lowest BCUT2D eigenvalue weighted by Gasteiger charge is -2.11. The third-order valence-corrected chi connectivity index (χ3v) is 1.28. The van der Waals surface area contributed by atoms with E-state index in [4.69, 9.17) is 0 Å². The standard InChI is InChI=1S/C7H12F3/c1-3-4-6(2)5-7(8,9)10/h6H,1,3-5H2,2H3. The normalized spacial score (nSPS) is 15.3. The van der Waals surface area contributed by atoms with Gasteiger partial charge in [-0.2, -0.15) is 13.2 Å². The van der Waals surface area contributed by atoms with Crippen molar-refractivity contribution in [1.29, 1.82) is 0 Å². The first-order valence-corrected chi connectivity index (χ1v) is 3.31. The molecule has 0 heterocycles. The highest BCUT2D eigenvalue weighted by atomic mass is 19.4. The Morgan fingerprint density at radius 1 is 1.40 bits per heavy atom. The highest BCUT2D eigenvalue weighted by Gasteiger charge is 2.29. The van der Waals surface area contributed by atoms with Crippen LogP contribution in [0.4, 0.5) is 13.2 Å². The lowest BCUT2D eigenvalue weighted by molar-refractivity contribution is -0.143. The number of halogens is 3. The van der Waals surface area contributed by atoms with Crippen LogP contribution in [-0.2, 0) is 0 Å². The summed E-state index contributed by atoms with van der Waals surface area (Å²) in [5.74, 6) is -0.280. The first kappa shape index (κ1) is 9.79. The van der Waals surface area contributed by atoms with Crippen LogP contribution in [0.5, 0.6) is 0 Å². The lowest BCUT2D eigenvalue weighted by Crippen LogP contribution is -2.12. The van der Waals surface area contributed by atoms with Crippen LogP contribution in [0.15, 0.2) is 0 Å². The fourth-order valence-electron chi connectivity index (χ4n) is 0.846. The molecule has 10 heavy (non-hydrogen) atoms. The van der Waals surface area contributed by atoms with Crippen LogP contribution in [0.25, 0.3) is 0 Å². The Labute approximate surface area is 59.4 Å². The van der Waals surface area contributed by atoms with Crippen molar-refractivity contribution in [1.82, 2.24) is 0 Å². The summed E-state index contributed by atoms with van der Waals surface area (Å²) in [5, 5.41) is 0. The van der Waals surface area contributed by atoms with Crippen LogP contribution in [0.3, 0.4) is 0 Å². The minimum atomic E-state index is -4.01. The molecule has 0 nitrogen and oxygen atoms in total. The van der Waals surface area contributed by atoms with Gasteiger partial charge in [-0.25, -0.2) is 0 Å². The second-order valence-corrected chi connectivity index (χ2v) is 2.57. The molecule has 0 rings (SSSR count). The summed E-state index contributed by atoms with van der Waals surface area (Å²) in [6.45, 7) is 5.08. The molecule has 1 radical (unpaired) electrons. The van der Waals surface area contributed by atoms with Crippen molar-refractivity contribution < 1.29 is 13.2 Å². The largest absolute Gasteiger partial charge is 0.389 e. The van der Waals surface area contributed by atoms with E-state index in [-0.39, 0.29) is 5.92 Å². The molecule has 0 aromatic carbocycles. The Bertz CT molecular complexity index is 85.3. The van der Waals surface area contributed by atoms with E-state index in [1.54, 1.807) is 6.92 Å². The van der Waals surface area contributed by atoms with E-state index in [1.165, 1.54) is 0 Å². The van der Waals surface area contributed by atoms with Crippen molar-refractivity contribution in [2.45, 2.75) is 32.4 Å². The summed E-state index contributed by atoms with van der Waals surface area (Å²) >= 11 is 0. The number of rotatable bonds is 3. The average Bonchev–Trinajstić information content (AvgIpc) is 1.59. The summed E-state index contributed by atoms with van der Waals surface area (Å²) < 4.78 is 34.8. The molecule has 0 aliphatic heterocycles. The second-order valence-electron chi connectivity index (χ2n) is 2.57. The number of alkyl halides is 3. The van der Waals surface area contributed by atoms with Gasteiger partial charge in [0.15, 0.2) is 0 Å². The molecule has 0 N–H and O–H groups in total. The molecular formula is C7H12F3. The van der Waals surface area contributed by atoms with Crippen LogP contribution in [0.2, 0.25) is 0 Å². The summed E-state index contributed by atoms with van der Waals surface area (Å²) in [7, 11) is 0. The van der Waals surface area contributed by atoms with Gasteiger partial charge in [-0.15, -0.1) is 0 Å². The van der Waals surface area contributed by atoms with E-state index in [0.717, 1.165) is 0 Å². The Balaban J connectivity index is 3.47. The van der Waals surface area contributed by atoms with Crippen molar-refractivity contribution in [2.24, 2.45) is 5.92 Å². The van der Waals surface area contributed by atoms with Gasteiger partial charge in [0.2, 0.25) is 0 Å². The zero-order valence-corrected chi connectivity index (χ0v) is 6.04. The van der Waals surface area contributed by atoms with Crippen molar-refractivity contribution in [3.05, 3.63) is 6.92 Å². The fourth-order valence-corrected chi connectivity index (χ4v) is 0.846. The SMILES string of the molecule is [CH2]CCC(C)CC(F)(F)F. The summed E-state index contributed by atoms with van der Waals surface area (Å²) in [5.41, 5.74) is 0. The van der Waals surface area contributed by atoms with Crippen LogP contribution in [-0.4, -0.2) is 6.18 Å². The van der Waals surface area contributed by atoms with Crippen LogP contribution >= 0.6 is 0 Å². The van der Waals surface area contributed by atoms with Gasteiger partial charge in [0.05, 0.1) is 0 Å². The van der Waals surface area contributed by atoms with Gasteiger partial charge < -0.3 is 0 Å². The predicted molar refractivity (Wildman–Crippen MR) is 34.4 cm³/mol. The third kappa shape index (κ3) is 5.92. The molecule has 0 bridgehead atoms. The molecule has 0 aromatic heterocycles. The van der Waals surface area contributed by atoms with Crippen molar-refractivity contribution in [2.75, 3.05) is 0 Å². The Morgan fingerprint density at radius 2 is 1.90 bits per heavy atom. The van der Waals surface area contributed by atoms with Gasteiger partial charge in [0.25, 0.3) is 0 Å². The molecule has 0 fully saturated rings. The number of hydrogen-bond donors (Lipinski definition) is 0. The molecule has 0 amide bonds. The first-order valence-electron chi connectivity index (χ1n) is 3.31. The first-order chi connectivity index (χ1) is 4.45. The summed E-state index contributed by atoms with van der Waals surface area (Å²) in [4.78, 5) is 0. The zero-order chi connectivity index (χ0) is 8.20. The zero-order valence-electron chi connectivity index (χ0n) is 6.04. The monoisotopic (exact) mass is 153 g/mol. The Hall–Kier alpha value is -0.210. The minimum absolute atomic E-state index is 0.280. The van der Waals surface area contributed by atoms with Crippen molar-refractivity contribution in [3.63, 3.8) is 0 Å². The lowest BCUT2D eigenvalue weighted by atomic mass is 10.0. The molecule has 61 valence electrons. The van der Waals surface area contributed by atoms with E-state index >= 15 is 0 Å². The Morgan fingerprint density at radius 3 is 2.20 bits per heavy atom. The van der Waals surface area contributed by atoms with Gasteiger partial charge >= 0.3 is 6.18 Å². The smallest absolute Gasteiger partial charge is 0.171 e. The fraction of sp³-hybridized carbons (Fsp3) is 0.857.